The van der Waals surface area contributed by atoms with Gasteiger partial charge in [-0.3, -0.25) is 0 Å². The van der Waals surface area contributed by atoms with E-state index in [0.29, 0.717) is 0 Å². The molecule has 1 saturated carbocycles. The third-order valence-corrected chi connectivity index (χ3v) is 20.1. The maximum atomic E-state index is 14.5. The largest absolute Gasteiger partial charge is 0.387 e. The van der Waals surface area contributed by atoms with Gasteiger partial charge in [0.25, 0.3) is 0 Å². The SMILES string of the molecule is OC1[C@@H](O[C@H]2O[C@H](COCc3ccccc3)[C@@H](OCc3ccccc3)[C@H](OCc3ccccc3)[C@@H]2OCc2ccccc2)[C@H](OCc2ccccc2)C(OCc2ccccc2)[C@H](OCc2ccccc2)[C@@H]1O[C@H]1O[C@H](COCc2ccccc2)[C@@H](OCc2ccccc2)[C@H](OCc2ccccc2)[C@@H]1OCc1ccccc1. The molecule has 3 fully saturated rings. The number of rotatable bonds is 39. The molecule has 11 aromatic carbocycles. The minimum atomic E-state index is -1.67. The van der Waals surface area contributed by atoms with Gasteiger partial charge >= 0.3 is 0 Å². The molecule has 2 heterocycles. The maximum absolute atomic E-state index is 14.5. The third-order valence-electron chi connectivity index (χ3n) is 20.1. The molecule has 16 atom stereocenters. The first kappa shape index (κ1) is 78.5. The van der Waals surface area contributed by atoms with Crippen LogP contribution in [0.1, 0.15) is 61.2 Å². The quantitative estimate of drug-likeness (QED) is 0.0387. The summed E-state index contributed by atoms with van der Waals surface area (Å²) in [7, 11) is 0. The summed E-state index contributed by atoms with van der Waals surface area (Å²) in [6, 6.07) is 110. The molecule has 16 heteroatoms. The zero-order valence-corrected chi connectivity index (χ0v) is 62.3. The van der Waals surface area contributed by atoms with Crippen LogP contribution in [0.15, 0.2) is 334 Å². The monoisotopic (exact) mass is 1490 g/mol. The van der Waals surface area contributed by atoms with Crippen molar-refractivity contribution in [3.05, 3.63) is 395 Å². The Morgan fingerprint density at radius 2 is 0.351 bits per heavy atom. The van der Waals surface area contributed by atoms with Crippen molar-refractivity contribution < 1.29 is 76.2 Å². The molecule has 0 spiro atoms. The van der Waals surface area contributed by atoms with Gasteiger partial charge in [-0.15, -0.1) is 0 Å². The Kier molecular flexibility index (Phi) is 29.6. The van der Waals surface area contributed by atoms with Gasteiger partial charge in [-0.05, 0) is 61.2 Å². The summed E-state index contributed by atoms with van der Waals surface area (Å²) in [5.74, 6) is 0. The second-order valence-electron chi connectivity index (χ2n) is 28.1. The molecule has 2 aliphatic heterocycles. The van der Waals surface area contributed by atoms with Gasteiger partial charge < -0.3 is 76.2 Å². The fourth-order valence-corrected chi connectivity index (χ4v) is 14.3. The van der Waals surface area contributed by atoms with Gasteiger partial charge in [-0.25, -0.2) is 0 Å². The molecule has 2 saturated heterocycles. The van der Waals surface area contributed by atoms with Crippen LogP contribution in [0.25, 0.3) is 0 Å². The molecule has 2 unspecified atom stereocenters. The Balaban J connectivity index is 0.913. The van der Waals surface area contributed by atoms with E-state index >= 15 is 0 Å². The van der Waals surface area contributed by atoms with E-state index in [2.05, 4.69) is 0 Å². The van der Waals surface area contributed by atoms with Gasteiger partial charge in [-0.2, -0.15) is 0 Å². The smallest absolute Gasteiger partial charge is 0.187 e. The summed E-state index contributed by atoms with van der Waals surface area (Å²) in [6.07, 6.45) is -18.1. The molecule has 0 radical (unpaired) electrons. The molecule has 16 nitrogen and oxygen atoms in total. The van der Waals surface area contributed by atoms with Gasteiger partial charge in [0.15, 0.2) is 12.6 Å². The lowest BCUT2D eigenvalue weighted by Crippen LogP contribution is -2.70. The molecule has 1 N–H and O–H groups in total. The van der Waals surface area contributed by atoms with E-state index in [9.17, 15) is 5.11 Å². The van der Waals surface area contributed by atoms with Crippen LogP contribution >= 0.6 is 0 Å². The Labute approximate surface area is 651 Å². The average molecular weight is 1500 g/mol. The van der Waals surface area contributed by atoms with Crippen molar-refractivity contribution in [1.29, 1.82) is 0 Å². The first-order valence-corrected chi connectivity index (χ1v) is 38.4. The lowest BCUT2D eigenvalue weighted by molar-refractivity contribution is -0.381. The predicted octanol–water partition coefficient (Wildman–Crippen LogP) is 16.3. The van der Waals surface area contributed by atoms with Gasteiger partial charge in [0, 0.05) is 0 Å². The van der Waals surface area contributed by atoms with Crippen molar-refractivity contribution in [2.24, 2.45) is 0 Å². The molecule has 574 valence electrons. The predicted molar refractivity (Wildman–Crippen MR) is 420 cm³/mol. The van der Waals surface area contributed by atoms with Gasteiger partial charge in [-0.1, -0.05) is 334 Å². The lowest BCUT2D eigenvalue weighted by atomic mass is 9.83. The average Bonchev–Trinajstić information content (AvgIpc) is 0.750. The topological polar surface area (TPSA) is 159 Å². The number of hydrogen-bond donors (Lipinski definition) is 1. The Morgan fingerprint density at radius 3 is 0.559 bits per heavy atom. The summed E-state index contributed by atoms with van der Waals surface area (Å²) < 4.78 is 110. The first-order chi connectivity index (χ1) is 55.0. The van der Waals surface area contributed by atoms with Crippen molar-refractivity contribution in [3.63, 3.8) is 0 Å². The van der Waals surface area contributed by atoms with Gasteiger partial charge in [0.2, 0.25) is 0 Å². The maximum Gasteiger partial charge on any atom is 0.187 e. The van der Waals surface area contributed by atoms with Crippen molar-refractivity contribution in [2.75, 3.05) is 13.2 Å². The zero-order valence-electron chi connectivity index (χ0n) is 62.3. The molecular weight excluding hydrogens is 1400 g/mol. The van der Waals surface area contributed by atoms with E-state index in [-0.39, 0.29) is 85.9 Å². The fraction of sp³-hybridized carbons (Fsp3) is 0.305. The molecule has 1 aliphatic carbocycles. The van der Waals surface area contributed by atoms with Crippen molar-refractivity contribution in [1.82, 2.24) is 0 Å². The van der Waals surface area contributed by atoms with Crippen LogP contribution in [0.5, 0.6) is 0 Å². The highest BCUT2D eigenvalue weighted by molar-refractivity contribution is 5.23. The third kappa shape index (κ3) is 22.8. The van der Waals surface area contributed by atoms with Crippen molar-refractivity contribution in [2.45, 2.75) is 171 Å². The second-order valence-corrected chi connectivity index (χ2v) is 28.1. The van der Waals surface area contributed by atoms with E-state index in [1.54, 1.807) is 0 Å². The van der Waals surface area contributed by atoms with Crippen LogP contribution in [0, 0.1) is 0 Å². The molecule has 11 aromatic rings. The van der Waals surface area contributed by atoms with Crippen LogP contribution in [0.2, 0.25) is 0 Å². The molecule has 14 rings (SSSR count). The number of aliphatic hydroxyl groups excluding tert-OH is 1. The number of benzene rings is 11. The molecule has 0 aromatic heterocycles. The Bertz CT molecular complexity index is 4090. The van der Waals surface area contributed by atoms with Crippen molar-refractivity contribution >= 4 is 0 Å². The van der Waals surface area contributed by atoms with E-state index in [0.717, 1.165) is 61.2 Å². The van der Waals surface area contributed by atoms with E-state index in [4.69, 9.17) is 71.1 Å². The summed E-state index contributed by atoms with van der Waals surface area (Å²) in [5, 5.41) is 14.5. The highest BCUT2D eigenvalue weighted by Crippen LogP contribution is 2.41. The molecule has 3 aliphatic rings. The summed E-state index contributed by atoms with van der Waals surface area (Å²) in [4.78, 5) is 0. The van der Waals surface area contributed by atoms with Gasteiger partial charge in [0.05, 0.1) is 85.9 Å². The van der Waals surface area contributed by atoms with Crippen LogP contribution in [-0.4, -0.2) is 116 Å². The second kappa shape index (κ2) is 41.9. The van der Waals surface area contributed by atoms with Crippen LogP contribution < -0.4 is 0 Å². The fourth-order valence-electron chi connectivity index (χ4n) is 14.3. The standard InChI is InChI=1S/C95H98O16/c96-82-85(110-94-92(106-65-78-52-30-10-31-53-78)87(101-60-73-42-20-5-21-43-73)83(99-58-71-38-16-3-17-39-71)80(108-94)67-97-56-69-34-12-1-13-35-69)89(103-62-75-46-24-7-25-47-75)91(105-64-77-50-28-9-29-51-77)90(104-63-76-48-26-8-27-49-76)86(82)111-95-93(107-66-79-54-32-11-33-55-79)88(102-61-74-44-22-6-23-45-74)84(100-59-72-40-18-4-19-41-72)81(109-95)68-98-57-70-36-14-2-15-37-70/h1-55,80-96H,56-68H2/t80-,81-,82?,83-,84-,85-,86-,87+,88+,89-,90+,91?,92+,93+,94-,95-/m1/s1. The van der Waals surface area contributed by atoms with Crippen molar-refractivity contribution in [3.8, 4) is 0 Å². The summed E-state index contributed by atoms with van der Waals surface area (Å²) in [6.45, 7) is 1.71. The number of hydrogen-bond acceptors (Lipinski definition) is 16. The number of ether oxygens (including phenoxy) is 15. The molecule has 111 heavy (non-hydrogen) atoms. The Morgan fingerprint density at radius 1 is 0.189 bits per heavy atom. The van der Waals surface area contributed by atoms with Crippen LogP contribution in [-0.2, 0) is 144 Å². The van der Waals surface area contributed by atoms with E-state index in [1.165, 1.54) is 0 Å². The zero-order chi connectivity index (χ0) is 75.3. The molecule has 0 bridgehead atoms. The van der Waals surface area contributed by atoms with E-state index in [1.807, 2.05) is 334 Å². The summed E-state index contributed by atoms with van der Waals surface area (Å²) >= 11 is 0. The van der Waals surface area contributed by atoms with Crippen LogP contribution in [0.3, 0.4) is 0 Å². The number of aliphatic hydroxyl groups is 1. The highest BCUT2D eigenvalue weighted by Gasteiger charge is 2.60. The first-order valence-electron chi connectivity index (χ1n) is 38.4. The highest BCUT2D eigenvalue weighted by atomic mass is 16.8. The summed E-state index contributed by atoms with van der Waals surface area (Å²) in [5.41, 5.74) is 10.00. The molecule has 0 amide bonds. The van der Waals surface area contributed by atoms with Crippen LogP contribution in [0.4, 0.5) is 0 Å². The lowest BCUT2D eigenvalue weighted by Gasteiger charge is -2.53. The Hall–Kier alpha value is -9.22. The van der Waals surface area contributed by atoms with Gasteiger partial charge in [0.1, 0.15) is 85.5 Å². The normalized spacial score (nSPS) is 24.6. The minimum absolute atomic E-state index is 0.0269. The van der Waals surface area contributed by atoms with E-state index < -0.39 is 98.0 Å². The minimum Gasteiger partial charge on any atom is -0.387 e. The molecular formula is C95H98O16.